The second-order valence-electron chi connectivity index (χ2n) is 5.68. The number of hydrogen-bond donors (Lipinski definition) is 1. The summed E-state index contributed by atoms with van der Waals surface area (Å²) in [6.45, 7) is 1.41. The highest BCUT2D eigenvalue weighted by molar-refractivity contribution is 6.30. The Morgan fingerprint density at radius 3 is 2.54 bits per heavy atom. The summed E-state index contributed by atoms with van der Waals surface area (Å²) in [4.78, 5) is 12.0. The molecule has 0 unspecified atom stereocenters. The number of halogens is 1. The lowest BCUT2D eigenvalue weighted by Gasteiger charge is -2.14. The molecule has 7 heteroatoms. The van der Waals surface area contributed by atoms with Crippen molar-refractivity contribution in [3.63, 3.8) is 0 Å². The standard InChI is InChI=1S/C19H20ClNO5/c1-23-16-10-18-17(24-7-2-8-25-18)9-13(16)11-21-19(22)12-26-15-5-3-14(20)4-6-15/h3-6,9-10H,2,7-8,11-12H2,1H3,(H,21,22). The molecule has 26 heavy (non-hydrogen) atoms. The number of carbonyl (C=O) groups is 1. The number of fused-ring (bicyclic) bond motifs is 1. The van der Waals surface area contributed by atoms with Crippen LogP contribution in [-0.4, -0.2) is 32.8 Å². The summed E-state index contributed by atoms with van der Waals surface area (Å²) in [6, 6.07) is 10.5. The number of rotatable bonds is 6. The Morgan fingerprint density at radius 2 is 1.85 bits per heavy atom. The molecule has 1 heterocycles. The minimum Gasteiger partial charge on any atom is -0.496 e. The fourth-order valence-corrected chi connectivity index (χ4v) is 2.61. The number of ether oxygens (including phenoxy) is 4. The van der Waals surface area contributed by atoms with E-state index in [0.29, 0.717) is 47.8 Å². The van der Waals surface area contributed by atoms with Crippen molar-refractivity contribution in [2.75, 3.05) is 26.9 Å². The molecule has 3 rings (SSSR count). The number of methoxy groups -OCH3 is 1. The Labute approximate surface area is 157 Å². The van der Waals surface area contributed by atoms with Crippen LogP contribution in [0, 0.1) is 0 Å². The van der Waals surface area contributed by atoms with Crippen molar-refractivity contribution >= 4 is 17.5 Å². The molecule has 0 saturated heterocycles. The molecule has 1 aliphatic heterocycles. The summed E-state index contributed by atoms with van der Waals surface area (Å²) < 4.78 is 22.2. The van der Waals surface area contributed by atoms with Crippen molar-refractivity contribution in [1.29, 1.82) is 0 Å². The third-order valence-corrected chi connectivity index (χ3v) is 4.06. The third kappa shape index (κ3) is 4.73. The SMILES string of the molecule is COc1cc2c(cc1CNC(=O)COc1ccc(Cl)cc1)OCCCO2. The van der Waals surface area contributed by atoms with Crippen LogP contribution < -0.4 is 24.3 Å². The number of hydrogen-bond acceptors (Lipinski definition) is 5. The Balaban J connectivity index is 1.58. The molecule has 0 spiro atoms. The quantitative estimate of drug-likeness (QED) is 0.837. The molecule has 138 valence electrons. The fraction of sp³-hybridized carbons (Fsp3) is 0.316. The van der Waals surface area contributed by atoms with Crippen LogP contribution in [-0.2, 0) is 11.3 Å². The first-order valence-corrected chi connectivity index (χ1v) is 8.65. The van der Waals surface area contributed by atoms with E-state index in [2.05, 4.69) is 5.32 Å². The van der Waals surface area contributed by atoms with Gasteiger partial charge in [0.2, 0.25) is 0 Å². The van der Waals surface area contributed by atoms with Crippen molar-refractivity contribution in [1.82, 2.24) is 5.32 Å². The van der Waals surface area contributed by atoms with Crippen LogP contribution in [0.3, 0.4) is 0 Å². The fourth-order valence-electron chi connectivity index (χ4n) is 2.48. The zero-order chi connectivity index (χ0) is 18.4. The minimum absolute atomic E-state index is 0.0888. The predicted octanol–water partition coefficient (Wildman–Crippen LogP) is 3.21. The van der Waals surface area contributed by atoms with E-state index < -0.39 is 0 Å². The molecule has 1 N–H and O–H groups in total. The second-order valence-corrected chi connectivity index (χ2v) is 6.12. The largest absolute Gasteiger partial charge is 0.496 e. The van der Waals surface area contributed by atoms with E-state index >= 15 is 0 Å². The first-order chi connectivity index (χ1) is 12.7. The highest BCUT2D eigenvalue weighted by atomic mass is 35.5. The molecule has 1 aliphatic rings. The number of benzene rings is 2. The van der Waals surface area contributed by atoms with E-state index in [1.165, 1.54) is 0 Å². The van der Waals surface area contributed by atoms with Gasteiger partial charge >= 0.3 is 0 Å². The highest BCUT2D eigenvalue weighted by Gasteiger charge is 2.16. The molecule has 6 nitrogen and oxygen atoms in total. The Morgan fingerprint density at radius 1 is 1.15 bits per heavy atom. The molecule has 0 atom stereocenters. The van der Waals surface area contributed by atoms with Gasteiger partial charge in [0.1, 0.15) is 11.5 Å². The maximum Gasteiger partial charge on any atom is 0.258 e. The Kier molecular flexibility index (Phi) is 6.07. The Bertz CT molecular complexity index is 763. The topological polar surface area (TPSA) is 66.0 Å². The lowest BCUT2D eigenvalue weighted by atomic mass is 10.1. The first-order valence-electron chi connectivity index (χ1n) is 8.27. The molecule has 0 aromatic heterocycles. The van der Waals surface area contributed by atoms with Gasteiger partial charge in [-0.1, -0.05) is 11.6 Å². The van der Waals surface area contributed by atoms with Crippen molar-refractivity contribution < 1.29 is 23.7 Å². The predicted molar refractivity (Wildman–Crippen MR) is 97.4 cm³/mol. The number of carbonyl (C=O) groups excluding carboxylic acids is 1. The zero-order valence-electron chi connectivity index (χ0n) is 14.4. The molecular formula is C19H20ClNO5. The van der Waals surface area contributed by atoms with Gasteiger partial charge in [0, 0.05) is 29.6 Å². The Hall–Kier alpha value is -2.60. The molecule has 0 radical (unpaired) electrons. The molecule has 2 aromatic rings. The van der Waals surface area contributed by atoms with Crippen LogP contribution in [0.25, 0.3) is 0 Å². The molecule has 0 fully saturated rings. The third-order valence-electron chi connectivity index (χ3n) is 3.81. The van der Waals surface area contributed by atoms with Crippen LogP contribution in [0.4, 0.5) is 0 Å². The summed E-state index contributed by atoms with van der Waals surface area (Å²) in [7, 11) is 1.58. The average Bonchev–Trinajstić information content (AvgIpc) is 2.89. The van der Waals surface area contributed by atoms with Crippen LogP contribution in [0.2, 0.25) is 5.02 Å². The van der Waals surface area contributed by atoms with Crippen molar-refractivity contribution in [2.45, 2.75) is 13.0 Å². The van der Waals surface area contributed by atoms with Crippen LogP contribution in [0.5, 0.6) is 23.0 Å². The zero-order valence-corrected chi connectivity index (χ0v) is 15.2. The first kappa shape index (κ1) is 18.2. The van der Waals surface area contributed by atoms with Crippen LogP contribution in [0.1, 0.15) is 12.0 Å². The van der Waals surface area contributed by atoms with E-state index in [1.807, 2.05) is 6.07 Å². The molecule has 2 aromatic carbocycles. The van der Waals surface area contributed by atoms with Crippen LogP contribution >= 0.6 is 11.6 Å². The summed E-state index contributed by atoms with van der Waals surface area (Å²) in [5.41, 5.74) is 0.802. The molecule has 1 amide bonds. The number of amides is 1. The van der Waals surface area contributed by atoms with Gasteiger partial charge in [-0.3, -0.25) is 4.79 Å². The van der Waals surface area contributed by atoms with Gasteiger partial charge < -0.3 is 24.3 Å². The van der Waals surface area contributed by atoms with E-state index in [1.54, 1.807) is 37.4 Å². The normalized spacial score (nSPS) is 12.8. The van der Waals surface area contributed by atoms with Crippen molar-refractivity contribution in [2.24, 2.45) is 0 Å². The summed E-state index contributed by atoms with van der Waals surface area (Å²) in [5.74, 6) is 2.28. The molecule has 0 saturated carbocycles. The highest BCUT2D eigenvalue weighted by Crippen LogP contribution is 2.36. The number of nitrogens with one attached hydrogen (secondary N) is 1. The molecule has 0 aliphatic carbocycles. The maximum atomic E-state index is 12.0. The van der Waals surface area contributed by atoms with Gasteiger partial charge in [0.15, 0.2) is 18.1 Å². The van der Waals surface area contributed by atoms with Gasteiger partial charge in [-0.15, -0.1) is 0 Å². The summed E-state index contributed by atoms with van der Waals surface area (Å²) in [5, 5.41) is 3.43. The van der Waals surface area contributed by atoms with Crippen molar-refractivity contribution in [3.8, 4) is 23.0 Å². The van der Waals surface area contributed by atoms with Gasteiger partial charge in [-0.05, 0) is 30.3 Å². The lowest BCUT2D eigenvalue weighted by Crippen LogP contribution is -2.28. The minimum atomic E-state index is -0.242. The second kappa shape index (κ2) is 8.67. The van der Waals surface area contributed by atoms with E-state index in [0.717, 1.165) is 12.0 Å². The average molecular weight is 378 g/mol. The van der Waals surface area contributed by atoms with Gasteiger partial charge in [0.25, 0.3) is 5.91 Å². The molecule has 0 bridgehead atoms. The van der Waals surface area contributed by atoms with E-state index in [-0.39, 0.29) is 12.5 Å². The molecular weight excluding hydrogens is 358 g/mol. The smallest absolute Gasteiger partial charge is 0.258 e. The summed E-state index contributed by atoms with van der Waals surface area (Å²) >= 11 is 5.82. The van der Waals surface area contributed by atoms with Gasteiger partial charge in [-0.25, -0.2) is 0 Å². The maximum absolute atomic E-state index is 12.0. The van der Waals surface area contributed by atoms with E-state index in [9.17, 15) is 4.79 Å². The lowest BCUT2D eigenvalue weighted by molar-refractivity contribution is -0.123. The van der Waals surface area contributed by atoms with E-state index in [4.69, 9.17) is 30.5 Å². The van der Waals surface area contributed by atoms with Crippen LogP contribution in [0.15, 0.2) is 36.4 Å². The van der Waals surface area contributed by atoms with Gasteiger partial charge in [-0.2, -0.15) is 0 Å². The van der Waals surface area contributed by atoms with Crippen molar-refractivity contribution in [3.05, 3.63) is 47.0 Å². The van der Waals surface area contributed by atoms with Gasteiger partial charge in [0.05, 0.1) is 20.3 Å². The monoisotopic (exact) mass is 377 g/mol. The summed E-state index contributed by atoms with van der Waals surface area (Å²) in [6.07, 6.45) is 0.825.